The van der Waals surface area contributed by atoms with Crippen molar-refractivity contribution in [1.29, 1.82) is 0 Å². The minimum Gasteiger partial charge on any atom is -0.345 e. The van der Waals surface area contributed by atoms with Crippen molar-refractivity contribution in [3.05, 3.63) is 31.8 Å². The molecule has 0 saturated heterocycles. The van der Waals surface area contributed by atoms with Crippen LogP contribution in [-0.4, -0.2) is 17.3 Å². The lowest BCUT2D eigenvalue weighted by Gasteiger charge is -2.14. The Morgan fingerprint density at radius 3 is 2.81 bits per heavy atom. The SMILES string of the molecule is O=C(NC1(CCl)CC1)c1cc(Br)ccc1I. The summed E-state index contributed by atoms with van der Waals surface area (Å²) < 4.78 is 1.86. The van der Waals surface area contributed by atoms with Gasteiger partial charge in [-0.2, -0.15) is 0 Å². The Labute approximate surface area is 121 Å². The van der Waals surface area contributed by atoms with Gasteiger partial charge in [-0.05, 0) is 53.6 Å². The first-order chi connectivity index (χ1) is 7.56. The van der Waals surface area contributed by atoms with Crippen LogP contribution in [0.15, 0.2) is 22.7 Å². The zero-order chi connectivity index (χ0) is 11.8. The van der Waals surface area contributed by atoms with Gasteiger partial charge in [0, 0.05) is 13.9 Å². The van der Waals surface area contributed by atoms with Gasteiger partial charge in [0.25, 0.3) is 5.91 Å². The molecule has 1 aliphatic carbocycles. The van der Waals surface area contributed by atoms with Crippen LogP contribution in [-0.2, 0) is 0 Å². The summed E-state index contributed by atoms with van der Waals surface area (Å²) in [5.41, 5.74) is 0.552. The maximum absolute atomic E-state index is 12.0. The molecule has 5 heteroatoms. The van der Waals surface area contributed by atoms with Crippen LogP contribution in [0.25, 0.3) is 0 Å². The van der Waals surface area contributed by atoms with Gasteiger partial charge in [0.2, 0.25) is 0 Å². The normalized spacial score (nSPS) is 16.9. The van der Waals surface area contributed by atoms with E-state index in [1.54, 1.807) is 0 Å². The summed E-state index contributed by atoms with van der Waals surface area (Å²) in [6.07, 6.45) is 1.96. The number of hydrogen-bond acceptors (Lipinski definition) is 1. The number of carbonyl (C=O) groups is 1. The van der Waals surface area contributed by atoms with E-state index in [9.17, 15) is 4.79 Å². The predicted octanol–water partition coefficient (Wildman–Crippen LogP) is 3.55. The van der Waals surface area contributed by atoms with Crippen LogP contribution in [0.5, 0.6) is 0 Å². The summed E-state index contributed by atoms with van der Waals surface area (Å²) in [5, 5.41) is 3.00. The van der Waals surface area contributed by atoms with Crippen LogP contribution in [0, 0.1) is 3.57 Å². The summed E-state index contributed by atoms with van der Waals surface area (Å²) in [6.45, 7) is 0. The summed E-state index contributed by atoms with van der Waals surface area (Å²) in [5.74, 6) is 0.451. The minimum absolute atomic E-state index is 0.0381. The molecule has 1 aromatic rings. The highest BCUT2D eigenvalue weighted by Gasteiger charge is 2.43. The lowest BCUT2D eigenvalue weighted by molar-refractivity contribution is 0.0935. The second-order valence-corrected chi connectivity index (χ2v) is 6.34. The molecule has 2 nitrogen and oxygen atoms in total. The number of hydrogen-bond donors (Lipinski definition) is 1. The van der Waals surface area contributed by atoms with E-state index in [2.05, 4.69) is 43.8 Å². The van der Waals surface area contributed by atoms with Gasteiger partial charge in [-0.15, -0.1) is 11.6 Å². The third-order valence-electron chi connectivity index (χ3n) is 2.66. The van der Waals surface area contributed by atoms with Crippen LogP contribution < -0.4 is 5.32 Å². The van der Waals surface area contributed by atoms with Crippen molar-refractivity contribution in [3.8, 4) is 0 Å². The molecule has 86 valence electrons. The number of amides is 1. The van der Waals surface area contributed by atoms with E-state index in [0.29, 0.717) is 11.4 Å². The first-order valence-corrected chi connectivity index (χ1v) is 7.30. The van der Waals surface area contributed by atoms with Gasteiger partial charge in [0.05, 0.1) is 11.1 Å². The van der Waals surface area contributed by atoms with Crippen molar-refractivity contribution >= 4 is 56.0 Å². The second kappa shape index (κ2) is 4.82. The molecular formula is C11H10BrClINO. The number of rotatable bonds is 3. The van der Waals surface area contributed by atoms with Crippen LogP contribution in [0.4, 0.5) is 0 Å². The highest BCUT2D eigenvalue weighted by molar-refractivity contribution is 14.1. The first kappa shape index (κ1) is 12.6. The maximum atomic E-state index is 12.0. The van der Waals surface area contributed by atoms with E-state index in [4.69, 9.17) is 11.6 Å². The van der Waals surface area contributed by atoms with Crippen molar-refractivity contribution in [1.82, 2.24) is 5.32 Å². The molecule has 0 spiro atoms. The predicted molar refractivity (Wildman–Crippen MR) is 77.0 cm³/mol. The third kappa shape index (κ3) is 2.71. The van der Waals surface area contributed by atoms with Crippen molar-refractivity contribution in [2.24, 2.45) is 0 Å². The third-order valence-corrected chi connectivity index (χ3v) is 4.61. The van der Waals surface area contributed by atoms with E-state index < -0.39 is 0 Å². The van der Waals surface area contributed by atoms with Gasteiger partial charge >= 0.3 is 0 Å². The molecule has 0 aliphatic heterocycles. The number of benzene rings is 1. The van der Waals surface area contributed by atoms with E-state index in [-0.39, 0.29) is 11.4 Å². The Bertz CT molecular complexity index is 434. The molecule has 2 rings (SSSR count). The number of halogens is 3. The minimum atomic E-state index is -0.149. The van der Waals surface area contributed by atoms with Crippen LogP contribution in [0.2, 0.25) is 0 Å². The number of carbonyl (C=O) groups excluding carboxylic acids is 1. The van der Waals surface area contributed by atoms with Gasteiger partial charge in [-0.3, -0.25) is 4.79 Å². The molecule has 1 amide bonds. The fourth-order valence-electron chi connectivity index (χ4n) is 1.42. The smallest absolute Gasteiger partial charge is 0.252 e. The molecule has 0 heterocycles. The summed E-state index contributed by atoms with van der Waals surface area (Å²) >= 11 is 11.4. The van der Waals surface area contributed by atoms with E-state index in [1.165, 1.54) is 0 Å². The molecule has 1 N–H and O–H groups in total. The van der Waals surface area contributed by atoms with E-state index in [0.717, 1.165) is 20.9 Å². The standard InChI is InChI=1S/C11H10BrClINO/c12-7-1-2-9(14)8(5-7)10(16)15-11(6-13)3-4-11/h1-2,5H,3-4,6H2,(H,15,16). The lowest BCUT2D eigenvalue weighted by Crippen LogP contribution is -2.38. The van der Waals surface area contributed by atoms with Gasteiger partial charge in [-0.25, -0.2) is 0 Å². The van der Waals surface area contributed by atoms with Crippen LogP contribution in [0.3, 0.4) is 0 Å². The van der Waals surface area contributed by atoms with Crippen molar-refractivity contribution in [2.45, 2.75) is 18.4 Å². The van der Waals surface area contributed by atoms with E-state index in [1.807, 2.05) is 18.2 Å². The molecule has 0 bridgehead atoms. The van der Waals surface area contributed by atoms with Crippen molar-refractivity contribution in [3.63, 3.8) is 0 Å². The van der Waals surface area contributed by atoms with Crippen LogP contribution in [0.1, 0.15) is 23.2 Å². The van der Waals surface area contributed by atoms with Gasteiger partial charge in [-0.1, -0.05) is 15.9 Å². The Kier molecular flexibility index (Phi) is 3.81. The molecule has 0 radical (unpaired) electrons. The summed E-state index contributed by atoms with van der Waals surface area (Å²) in [6, 6.07) is 5.67. The van der Waals surface area contributed by atoms with Gasteiger partial charge < -0.3 is 5.32 Å². The highest BCUT2D eigenvalue weighted by Crippen LogP contribution is 2.36. The van der Waals surface area contributed by atoms with Crippen molar-refractivity contribution < 1.29 is 4.79 Å². The molecule has 16 heavy (non-hydrogen) atoms. The van der Waals surface area contributed by atoms with Crippen molar-refractivity contribution in [2.75, 3.05) is 5.88 Å². The quantitative estimate of drug-likeness (QED) is 0.595. The zero-order valence-electron chi connectivity index (χ0n) is 8.40. The topological polar surface area (TPSA) is 29.1 Å². The first-order valence-electron chi connectivity index (χ1n) is 4.90. The average molecular weight is 414 g/mol. The second-order valence-electron chi connectivity index (χ2n) is 3.99. The molecular weight excluding hydrogens is 404 g/mol. The molecule has 1 fully saturated rings. The molecule has 1 saturated carbocycles. The highest BCUT2D eigenvalue weighted by atomic mass is 127. The Morgan fingerprint density at radius 2 is 2.25 bits per heavy atom. The Balaban J connectivity index is 2.17. The largest absolute Gasteiger partial charge is 0.345 e. The molecule has 1 aromatic carbocycles. The fourth-order valence-corrected chi connectivity index (χ4v) is 2.70. The zero-order valence-corrected chi connectivity index (χ0v) is 12.9. The summed E-state index contributed by atoms with van der Waals surface area (Å²) in [7, 11) is 0. The van der Waals surface area contributed by atoms with E-state index >= 15 is 0 Å². The van der Waals surface area contributed by atoms with Gasteiger partial charge in [0.1, 0.15) is 0 Å². The molecule has 0 unspecified atom stereocenters. The molecule has 1 aliphatic rings. The molecule has 0 aromatic heterocycles. The van der Waals surface area contributed by atoms with Crippen LogP contribution >= 0.6 is 50.1 Å². The number of alkyl halides is 1. The Morgan fingerprint density at radius 1 is 1.56 bits per heavy atom. The van der Waals surface area contributed by atoms with Gasteiger partial charge in [0.15, 0.2) is 0 Å². The summed E-state index contributed by atoms with van der Waals surface area (Å²) in [4.78, 5) is 12.0. The Hall–Kier alpha value is 0.190. The number of nitrogens with one attached hydrogen (secondary N) is 1. The monoisotopic (exact) mass is 413 g/mol. The molecule has 0 atom stereocenters. The average Bonchev–Trinajstić information content (AvgIpc) is 3.02. The maximum Gasteiger partial charge on any atom is 0.252 e. The fraction of sp³-hybridized carbons (Fsp3) is 0.364. The lowest BCUT2D eigenvalue weighted by atomic mass is 10.2.